The summed E-state index contributed by atoms with van der Waals surface area (Å²) in [6.45, 7) is 6.10. The number of aromatic nitrogens is 1. The zero-order valence-electron chi connectivity index (χ0n) is 16.1. The van der Waals surface area contributed by atoms with E-state index in [2.05, 4.69) is 28.8 Å². The Labute approximate surface area is 164 Å². The van der Waals surface area contributed by atoms with Crippen molar-refractivity contribution in [2.75, 3.05) is 39.1 Å². The van der Waals surface area contributed by atoms with Gasteiger partial charge in [-0.3, -0.25) is 4.99 Å². The number of nitrogens with zero attached hydrogens (tertiary/aromatic N) is 1. The van der Waals surface area contributed by atoms with E-state index in [9.17, 15) is 4.39 Å². The van der Waals surface area contributed by atoms with E-state index in [1.807, 2.05) is 24.0 Å². The van der Waals surface area contributed by atoms with Gasteiger partial charge in [-0.05, 0) is 56.2 Å². The maximum atomic E-state index is 13.3. The summed E-state index contributed by atoms with van der Waals surface area (Å²) in [5.41, 5.74) is 2.02. The van der Waals surface area contributed by atoms with Gasteiger partial charge in [0, 0.05) is 48.2 Å². The number of fused-ring (bicyclic) bond motifs is 1. The first-order valence-corrected chi connectivity index (χ1v) is 10.8. The molecule has 2 heterocycles. The summed E-state index contributed by atoms with van der Waals surface area (Å²) in [7, 11) is 0. The molecule has 7 heteroatoms. The fourth-order valence-corrected chi connectivity index (χ4v) is 4.18. The van der Waals surface area contributed by atoms with E-state index in [0.717, 1.165) is 69.0 Å². The molecule has 27 heavy (non-hydrogen) atoms. The highest BCUT2D eigenvalue weighted by Gasteiger charge is 2.31. The predicted molar refractivity (Wildman–Crippen MR) is 112 cm³/mol. The van der Waals surface area contributed by atoms with E-state index < -0.39 is 0 Å². The number of hydrogen-bond donors (Lipinski definition) is 3. The third-order valence-corrected chi connectivity index (χ3v) is 6.53. The van der Waals surface area contributed by atoms with Crippen LogP contribution in [0, 0.1) is 5.82 Å². The molecule has 3 rings (SSSR count). The van der Waals surface area contributed by atoms with Crippen molar-refractivity contribution < 1.29 is 9.13 Å². The zero-order valence-corrected chi connectivity index (χ0v) is 16.9. The molecule has 1 fully saturated rings. The first-order chi connectivity index (χ1) is 13.2. The molecular weight excluding hydrogens is 363 g/mol. The molecular formula is C20H29FN4OS. The van der Waals surface area contributed by atoms with Gasteiger partial charge >= 0.3 is 0 Å². The fourth-order valence-electron chi connectivity index (χ4n) is 3.42. The summed E-state index contributed by atoms with van der Waals surface area (Å²) in [6.07, 6.45) is 7.06. The summed E-state index contributed by atoms with van der Waals surface area (Å²) in [6, 6.07) is 4.88. The number of aliphatic imine (C=N–C) groups is 1. The van der Waals surface area contributed by atoms with Crippen LogP contribution in [-0.4, -0.2) is 54.8 Å². The number of nitrogens with one attached hydrogen (secondary N) is 3. The van der Waals surface area contributed by atoms with Crippen molar-refractivity contribution in [3.8, 4) is 0 Å². The third kappa shape index (κ3) is 5.17. The summed E-state index contributed by atoms with van der Waals surface area (Å²) in [4.78, 5) is 7.98. The first kappa shape index (κ1) is 20.0. The Morgan fingerprint density at radius 3 is 2.89 bits per heavy atom. The van der Waals surface area contributed by atoms with Crippen molar-refractivity contribution >= 4 is 28.6 Å². The van der Waals surface area contributed by atoms with E-state index in [1.54, 1.807) is 0 Å². The summed E-state index contributed by atoms with van der Waals surface area (Å²) in [5.74, 6) is 0.634. The molecule has 1 aliphatic heterocycles. The third-order valence-electron chi connectivity index (χ3n) is 5.12. The molecule has 5 nitrogen and oxygen atoms in total. The molecule has 1 aromatic heterocycles. The van der Waals surface area contributed by atoms with Crippen LogP contribution in [0.2, 0.25) is 0 Å². The molecule has 0 bridgehead atoms. The van der Waals surface area contributed by atoms with Crippen LogP contribution in [0.25, 0.3) is 10.9 Å². The number of hydrogen-bond acceptors (Lipinski definition) is 3. The van der Waals surface area contributed by atoms with Gasteiger partial charge in [-0.2, -0.15) is 11.8 Å². The van der Waals surface area contributed by atoms with Crippen LogP contribution in [0.3, 0.4) is 0 Å². The molecule has 0 saturated carbocycles. The molecule has 0 atom stereocenters. The normalized spacial score (nSPS) is 17.2. The Morgan fingerprint density at radius 2 is 2.15 bits per heavy atom. The van der Waals surface area contributed by atoms with Gasteiger partial charge in [-0.1, -0.05) is 0 Å². The van der Waals surface area contributed by atoms with E-state index in [-0.39, 0.29) is 10.6 Å². The van der Waals surface area contributed by atoms with Crippen LogP contribution in [0.4, 0.5) is 4.39 Å². The highest BCUT2D eigenvalue weighted by molar-refractivity contribution is 8.00. The lowest BCUT2D eigenvalue weighted by molar-refractivity contribution is 0.0794. The Kier molecular flexibility index (Phi) is 7.01. The van der Waals surface area contributed by atoms with Gasteiger partial charge in [0.2, 0.25) is 0 Å². The van der Waals surface area contributed by atoms with Gasteiger partial charge in [0.05, 0.1) is 6.54 Å². The standard InChI is InChI=1S/C20H29FN4OS/c1-3-22-19(25-14-20(27-2)7-10-26-11-8-20)23-9-6-15-13-24-18-12-16(21)4-5-17(15)18/h4-5,12-13,24H,3,6-11,14H2,1-2H3,(H2,22,23,25). The molecule has 0 unspecified atom stereocenters. The number of H-pyrrole nitrogens is 1. The molecule has 0 spiro atoms. The quantitative estimate of drug-likeness (QED) is 0.500. The molecule has 148 valence electrons. The summed E-state index contributed by atoms with van der Waals surface area (Å²) >= 11 is 1.90. The topological polar surface area (TPSA) is 61.4 Å². The maximum Gasteiger partial charge on any atom is 0.191 e. The number of guanidine groups is 1. The molecule has 1 saturated heterocycles. The molecule has 0 aliphatic carbocycles. The second-order valence-corrected chi connectivity index (χ2v) is 8.15. The van der Waals surface area contributed by atoms with Crippen LogP contribution in [0.15, 0.2) is 29.4 Å². The number of aromatic amines is 1. The molecule has 0 amide bonds. The van der Waals surface area contributed by atoms with E-state index >= 15 is 0 Å². The van der Waals surface area contributed by atoms with Gasteiger partial charge in [0.25, 0.3) is 0 Å². The Morgan fingerprint density at radius 1 is 1.33 bits per heavy atom. The monoisotopic (exact) mass is 392 g/mol. The molecule has 2 aromatic rings. The van der Waals surface area contributed by atoms with Crippen molar-refractivity contribution in [2.45, 2.75) is 30.9 Å². The van der Waals surface area contributed by atoms with Crippen LogP contribution in [-0.2, 0) is 11.2 Å². The van der Waals surface area contributed by atoms with E-state index in [1.165, 1.54) is 17.7 Å². The van der Waals surface area contributed by atoms with Crippen molar-refractivity contribution in [1.29, 1.82) is 0 Å². The Bertz CT molecular complexity index is 770. The van der Waals surface area contributed by atoms with Crippen molar-refractivity contribution in [1.82, 2.24) is 15.6 Å². The highest BCUT2D eigenvalue weighted by atomic mass is 32.2. The minimum Gasteiger partial charge on any atom is -0.381 e. The summed E-state index contributed by atoms with van der Waals surface area (Å²) < 4.78 is 19.0. The minimum absolute atomic E-state index is 0.182. The summed E-state index contributed by atoms with van der Waals surface area (Å²) in [5, 5.41) is 7.83. The average molecular weight is 393 g/mol. The molecule has 1 aliphatic rings. The highest BCUT2D eigenvalue weighted by Crippen LogP contribution is 2.33. The van der Waals surface area contributed by atoms with Crippen LogP contribution >= 0.6 is 11.8 Å². The maximum absolute atomic E-state index is 13.3. The Balaban J connectivity index is 1.58. The van der Waals surface area contributed by atoms with E-state index in [4.69, 9.17) is 9.73 Å². The molecule has 1 aromatic carbocycles. The number of thioether (sulfide) groups is 1. The lowest BCUT2D eigenvalue weighted by Crippen LogP contribution is -2.41. The molecule has 0 radical (unpaired) electrons. The zero-order chi connectivity index (χ0) is 19.1. The van der Waals surface area contributed by atoms with Gasteiger partial charge in [0.1, 0.15) is 5.82 Å². The molecule has 3 N–H and O–H groups in total. The smallest absolute Gasteiger partial charge is 0.191 e. The Hall–Kier alpha value is -1.73. The second kappa shape index (κ2) is 9.46. The van der Waals surface area contributed by atoms with Gasteiger partial charge in [0.15, 0.2) is 5.96 Å². The predicted octanol–water partition coefficient (Wildman–Crippen LogP) is 3.32. The van der Waals surface area contributed by atoms with Crippen LogP contribution in [0.5, 0.6) is 0 Å². The fraction of sp³-hybridized carbons (Fsp3) is 0.550. The largest absolute Gasteiger partial charge is 0.381 e. The van der Waals surface area contributed by atoms with Crippen LogP contribution in [0.1, 0.15) is 25.3 Å². The van der Waals surface area contributed by atoms with Crippen LogP contribution < -0.4 is 10.6 Å². The van der Waals surface area contributed by atoms with Crippen molar-refractivity contribution in [3.63, 3.8) is 0 Å². The second-order valence-electron chi connectivity index (χ2n) is 6.88. The minimum atomic E-state index is -0.216. The lowest BCUT2D eigenvalue weighted by Gasteiger charge is -2.34. The van der Waals surface area contributed by atoms with Gasteiger partial charge < -0.3 is 20.4 Å². The number of rotatable bonds is 7. The lowest BCUT2D eigenvalue weighted by atomic mass is 9.99. The number of benzene rings is 1. The average Bonchev–Trinajstić information content (AvgIpc) is 3.09. The first-order valence-electron chi connectivity index (χ1n) is 9.56. The van der Waals surface area contributed by atoms with Gasteiger partial charge in [-0.15, -0.1) is 0 Å². The van der Waals surface area contributed by atoms with Gasteiger partial charge in [-0.25, -0.2) is 4.39 Å². The van der Waals surface area contributed by atoms with E-state index in [0.29, 0.717) is 0 Å². The number of halogens is 1. The SMILES string of the molecule is CCNC(=NCC1(SC)CCOCC1)NCCc1c[nH]c2cc(F)ccc12. The van der Waals surface area contributed by atoms with Crippen molar-refractivity contribution in [2.24, 2.45) is 4.99 Å². The number of ether oxygens (including phenoxy) is 1. The van der Waals surface area contributed by atoms with Crippen molar-refractivity contribution in [3.05, 3.63) is 35.8 Å².